The molecule has 0 atom stereocenters. The van der Waals surface area contributed by atoms with Gasteiger partial charge >= 0.3 is 0 Å². The molecule has 10 rings (SSSR count). The van der Waals surface area contributed by atoms with Crippen molar-refractivity contribution in [3.8, 4) is 62.0 Å². The maximum Gasteiger partial charge on any atom is 0.149 e. The highest BCUT2D eigenvalue weighted by atomic mass is 16.3. The Morgan fingerprint density at radius 1 is 0.537 bits per heavy atom. The summed E-state index contributed by atoms with van der Waals surface area (Å²) in [6, 6.07) is 57.7. The lowest BCUT2D eigenvalue weighted by molar-refractivity contribution is 0.477. The normalized spacial score (nSPS) is 12.6. The van der Waals surface area contributed by atoms with Crippen molar-refractivity contribution in [2.24, 2.45) is 0 Å². The number of rotatable bonds is 6. The molecule has 0 aliphatic rings. The van der Waals surface area contributed by atoms with Crippen molar-refractivity contribution in [1.29, 1.82) is 0 Å². The van der Waals surface area contributed by atoms with Crippen LogP contribution in [-0.2, 0) is 0 Å². The van der Waals surface area contributed by atoms with Gasteiger partial charge in [0.15, 0.2) is 0 Å². The first-order chi connectivity index (χ1) is 27.8. The molecule has 10 aromatic rings. The number of benzene rings is 7. The molecule has 3 aromatic heterocycles. The van der Waals surface area contributed by atoms with E-state index >= 15 is 0 Å². The lowest BCUT2D eigenvalue weighted by Gasteiger charge is -2.16. The van der Waals surface area contributed by atoms with Gasteiger partial charge in [-0.25, -0.2) is 4.98 Å². The molecule has 0 fully saturated rings. The van der Waals surface area contributed by atoms with Crippen LogP contribution in [-0.4, -0.2) is 24.2 Å². The Morgan fingerprint density at radius 2 is 1.28 bits per heavy atom. The summed E-state index contributed by atoms with van der Waals surface area (Å²) in [6.07, 6.45) is 1.81. The lowest BCUT2D eigenvalue weighted by Crippen LogP contribution is -2.01. The summed E-state index contributed by atoms with van der Waals surface area (Å²) in [4.78, 5) is 10.2. The Labute approximate surface area is 316 Å². The van der Waals surface area contributed by atoms with E-state index in [1.54, 1.807) is 24.3 Å². The van der Waals surface area contributed by atoms with Crippen molar-refractivity contribution in [3.05, 3.63) is 188 Å². The highest BCUT2D eigenvalue weighted by Gasteiger charge is 2.24. The van der Waals surface area contributed by atoms with Crippen LogP contribution < -0.4 is 0 Å². The van der Waals surface area contributed by atoms with Crippen molar-refractivity contribution in [2.45, 2.75) is 6.85 Å². The van der Waals surface area contributed by atoms with Gasteiger partial charge < -0.3 is 9.67 Å². The number of fused-ring (bicyclic) bond motifs is 4. The monoisotopic (exact) mass is 697 g/mol. The summed E-state index contributed by atoms with van der Waals surface area (Å²) >= 11 is 0. The summed E-state index contributed by atoms with van der Waals surface area (Å²) in [7, 11) is 0. The van der Waals surface area contributed by atoms with Gasteiger partial charge in [-0.15, -0.1) is 0 Å². The van der Waals surface area contributed by atoms with Gasteiger partial charge in [0, 0.05) is 43.5 Å². The zero-order valence-corrected chi connectivity index (χ0v) is 29.1. The molecule has 5 nitrogen and oxygen atoms in total. The van der Waals surface area contributed by atoms with Crippen LogP contribution in [0.1, 0.15) is 9.68 Å². The number of aromatic nitrogens is 4. The quantitative estimate of drug-likeness (QED) is 0.188. The topological polar surface area (TPSA) is 55.9 Å². The fourth-order valence-corrected chi connectivity index (χ4v) is 7.83. The summed E-state index contributed by atoms with van der Waals surface area (Å²) in [5.74, 6) is 0.611. The summed E-state index contributed by atoms with van der Waals surface area (Å²) in [5, 5.41) is 13.6. The molecule has 3 heterocycles. The smallest absolute Gasteiger partial charge is 0.149 e. The first kappa shape index (κ1) is 28.4. The SMILES string of the molecule is [2H]C([2H])([2H])c1ccc(-n2c(-c3ccccc3O)nc3c(-c4cc(-c5ccccn5)cc5c4c4ccccc4n5-c4ccccc4)cccc32)c(-c2ccccc2)c1. The van der Waals surface area contributed by atoms with Gasteiger partial charge in [-0.1, -0.05) is 109 Å². The van der Waals surface area contributed by atoms with Crippen molar-refractivity contribution in [3.63, 3.8) is 0 Å². The minimum absolute atomic E-state index is 0.0847. The van der Waals surface area contributed by atoms with E-state index in [2.05, 4.69) is 71.3 Å². The van der Waals surface area contributed by atoms with Crippen molar-refractivity contribution >= 4 is 32.8 Å². The molecule has 5 heteroatoms. The first-order valence-corrected chi connectivity index (χ1v) is 17.9. The molecule has 0 bridgehead atoms. The van der Waals surface area contributed by atoms with Gasteiger partial charge in [0.1, 0.15) is 11.6 Å². The number of imidazole rings is 1. The number of phenols is 1. The van der Waals surface area contributed by atoms with E-state index in [1.807, 2.05) is 95.7 Å². The van der Waals surface area contributed by atoms with Crippen LogP contribution in [0.25, 0.3) is 89.1 Å². The molecular weight excluding hydrogens is 661 g/mol. The highest BCUT2D eigenvalue weighted by Crippen LogP contribution is 2.45. The zero-order chi connectivity index (χ0) is 38.7. The summed E-state index contributed by atoms with van der Waals surface area (Å²) in [6.45, 7) is -2.31. The van der Waals surface area contributed by atoms with E-state index in [9.17, 15) is 5.11 Å². The number of nitrogens with zero attached hydrogens (tertiary/aromatic N) is 4. The van der Waals surface area contributed by atoms with Gasteiger partial charge in [-0.3, -0.25) is 9.55 Å². The number of para-hydroxylation sites is 4. The lowest BCUT2D eigenvalue weighted by atomic mass is 9.95. The average molecular weight is 698 g/mol. The Morgan fingerprint density at radius 3 is 2.09 bits per heavy atom. The average Bonchev–Trinajstić information content (AvgIpc) is 3.80. The number of aryl methyl sites for hydroxylation is 1. The fraction of sp³-hybridized carbons (Fsp3) is 0.0204. The van der Waals surface area contributed by atoms with Crippen LogP contribution in [0.5, 0.6) is 5.75 Å². The van der Waals surface area contributed by atoms with E-state index in [4.69, 9.17) is 14.1 Å². The Hall–Kier alpha value is -7.24. The third-order valence-electron chi connectivity index (χ3n) is 10.2. The van der Waals surface area contributed by atoms with Gasteiger partial charge in [-0.05, 0) is 90.8 Å². The number of pyridine rings is 1. The molecule has 1 N–H and O–H groups in total. The predicted octanol–water partition coefficient (Wildman–Crippen LogP) is 12.2. The molecule has 0 saturated heterocycles. The molecule has 54 heavy (non-hydrogen) atoms. The van der Waals surface area contributed by atoms with E-state index < -0.39 is 6.85 Å². The molecule has 0 saturated carbocycles. The molecule has 0 radical (unpaired) electrons. The predicted molar refractivity (Wildman–Crippen MR) is 221 cm³/mol. The van der Waals surface area contributed by atoms with Crippen molar-refractivity contribution in [1.82, 2.24) is 19.1 Å². The largest absolute Gasteiger partial charge is 0.507 e. The van der Waals surface area contributed by atoms with Gasteiger partial charge in [0.2, 0.25) is 0 Å². The third kappa shape index (κ3) is 5.09. The second kappa shape index (κ2) is 12.8. The third-order valence-corrected chi connectivity index (χ3v) is 10.2. The van der Waals surface area contributed by atoms with Crippen LogP contribution in [0.3, 0.4) is 0 Å². The molecule has 0 aliphatic heterocycles. The second-order valence-electron chi connectivity index (χ2n) is 13.4. The van der Waals surface area contributed by atoms with Gasteiger partial charge in [-0.2, -0.15) is 0 Å². The molecule has 0 unspecified atom stereocenters. The first-order valence-electron chi connectivity index (χ1n) is 19.4. The van der Waals surface area contributed by atoms with Gasteiger partial charge in [0.25, 0.3) is 0 Å². The van der Waals surface area contributed by atoms with Crippen LogP contribution in [0, 0.1) is 6.85 Å². The van der Waals surface area contributed by atoms with Crippen LogP contribution >= 0.6 is 0 Å². The number of hydrogen-bond donors (Lipinski definition) is 1. The number of phenolic OH excluding ortho intramolecular Hbond substituents is 1. The molecule has 0 amide bonds. The molecule has 7 aromatic carbocycles. The van der Waals surface area contributed by atoms with Crippen molar-refractivity contribution < 1.29 is 9.22 Å². The van der Waals surface area contributed by atoms with Gasteiger partial charge in [0.05, 0.1) is 39.0 Å². The summed E-state index contributed by atoms with van der Waals surface area (Å²) < 4.78 is 29.2. The van der Waals surface area contributed by atoms with Crippen LogP contribution in [0.4, 0.5) is 0 Å². The van der Waals surface area contributed by atoms with E-state index in [1.165, 1.54) is 0 Å². The Kier molecular flexibility index (Phi) is 6.70. The van der Waals surface area contributed by atoms with Crippen molar-refractivity contribution in [2.75, 3.05) is 0 Å². The van der Waals surface area contributed by atoms with Crippen LogP contribution in [0.15, 0.2) is 182 Å². The van der Waals surface area contributed by atoms with E-state index in [0.717, 1.165) is 77.7 Å². The standard InChI is InChI=1S/C49H34N4O/c1-32-26-27-43(39(29-32)33-15-4-2-5-16-33)53-44-24-14-21-36(48(44)51-49(53)38-20-9-11-25-46(38)54)40-30-34(41-22-12-13-28-50-41)31-45-47(40)37-19-8-10-23-42(37)52(45)35-17-6-3-7-18-35/h2-31,54H,1H3/i1D3. The summed E-state index contributed by atoms with van der Waals surface area (Å²) in [5.41, 5.74) is 11.5. The fourth-order valence-electron chi connectivity index (χ4n) is 7.83. The number of hydrogen-bond acceptors (Lipinski definition) is 3. The molecule has 0 aliphatic carbocycles. The molecular formula is C49H34N4O. The molecule has 0 spiro atoms. The number of aromatic hydroxyl groups is 1. The minimum Gasteiger partial charge on any atom is -0.507 e. The maximum atomic E-state index is 11.4. The Bertz CT molecular complexity index is 3120. The molecule has 256 valence electrons. The minimum atomic E-state index is -2.31. The van der Waals surface area contributed by atoms with Crippen LogP contribution in [0.2, 0.25) is 0 Å². The maximum absolute atomic E-state index is 11.4. The second-order valence-corrected chi connectivity index (χ2v) is 13.4. The van der Waals surface area contributed by atoms with E-state index in [-0.39, 0.29) is 11.3 Å². The Balaban J connectivity index is 1.34. The highest BCUT2D eigenvalue weighted by molar-refractivity contribution is 6.18. The zero-order valence-electron chi connectivity index (χ0n) is 32.1. The van der Waals surface area contributed by atoms with E-state index in [0.29, 0.717) is 11.4 Å².